The highest BCUT2D eigenvalue weighted by Crippen LogP contribution is 1.88. The van der Waals surface area contributed by atoms with Crippen molar-refractivity contribution in [2.45, 2.75) is 0 Å². The lowest BCUT2D eigenvalue weighted by atomic mass is 10.7. The fraction of sp³-hybridized carbons (Fsp3) is 0.333. The number of hydrogen-bond donors (Lipinski definition) is 0. The van der Waals surface area contributed by atoms with Crippen molar-refractivity contribution in [2.75, 3.05) is 13.2 Å². The van der Waals surface area contributed by atoms with Crippen molar-refractivity contribution in [3.05, 3.63) is 25.3 Å². The highest BCUT2D eigenvalue weighted by atomic mass is 32.2. The Kier molecular flexibility index (Phi) is 6.37. The minimum atomic E-state index is -1.66. The summed E-state index contributed by atoms with van der Waals surface area (Å²) in [5, 5.41) is 0. The third kappa shape index (κ3) is 5.68. The second-order valence-corrected chi connectivity index (χ2v) is 2.23. The number of rotatable bonds is 6. The molecule has 0 aromatic carbocycles. The third-order valence-corrected chi connectivity index (χ3v) is 1.22. The maximum absolute atomic E-state index is 10.5. The molecular formula is C6H10O3S. The Hall–Kier alpha value is -0.450. The second-order valence-electron chi connectivity index (χ2n) is 1.35. The first kappa shape index (κ1) is 9.55. The van der Waals surface area contributed by atoms with Gasteiger partial charge in [-0.25, -0.2) is 0 Å². The van der Waals surface area contributed by atoms with Crippen LogP contribution in [-0.4, -0.2) is 17.4 Å². The van der Waals surface area contributed by atoms with Gasteiger partial charge in [0.25, 0.3) is 0 Å². The topological polar surface area (TPSA) is 35.5 Å². The number of hydrogen-bond acceptors (Lipinski definition) is 3. The van der Waals surface area contributed by atoms with Gasteiger partial charge in [0, 0.05) is 0 Å². The van der Waals surface area contributed by atoms with E-state index in [2.05, 4.69) is 21.5 Å². The van der Waals surface area contributed by atoms with Crippen LogP contribution in [0.5, 0.6) is 0 Å². The quantitative estimate of drug-likeness (QED) is 0.546. The molecule has 0 unspecified atom stereocenters. The summed E-state index contributed by atoms with van der Waals surface area (Å²) in [7, 11) is 0. The molecule has 58 valence electrons. The molecular weight excluding hydrogens is 152 g/mol. The van der Waals surface area contributed by atoms with Crippen molar-refractivity contribution < 1.29 is 12.6 Å². The largest absolute Gasteiger partial charge is 0.305 e. The van der Waals surface area contributed by atoms with Crippen LogP contribution in [0.2, 0.25) is 0 Å². The average molecular weight is 162 g/mol. The minimum absolute atomic E-state index is 0.226. The van der Waals surface area contributed by atoms with Crippen LogP contribution in [0.15, 0.2) is 25.3 Å². The lowest BCUT2D eigenvalue weighted by Crippen LogP contribution is -2.01. The monoisotopic (exact) mass is 162 g/mol. The van der Waals surface area contributed by atoms with E-state index in [9.17, 15) is 4.21 Å². The van der Waals surface area contributed by atoms with Crippen molar-refractivity contribution in [3.8, 4) is 0 Å². The predicted octanol–water partition coefficient (Wildman–Crippen LogP) is 0.970. The van der Waals surface area contributed by atoms with E-state index in [1.807, 2.05) is 0 Å². The lowest BCUT2D eigenvalue weighted by Gasteiger charge is -1.96. The Bertz CT molecular complexity index is 119. The summed E-state index contributed by atoms with van der Waals surface area (Å²) in [4.78, 5) is 0. The van der Waals surface area contributed by atoms with Crippen LogP contribution < -0.4 is 0 Å². The highest BCUT2D eigenvalue weighted by molar-refractivity contribution is 7.75. The summed E-state index contributed by atoms with van der Waals surface area (Å²) in [5.74, 6) is 0. The Morgan fingerprint density at radius 2 is 1.60 bits per heavy atom. The first-order valence-corrected chi connectivity index (χ1v) is 3.71. The van der Waals surface area contributed by atoms with E-state index in [1.54, 1.807) is 0 Å². The molecule has 0 atom stereocenters. The SMILES string of the molecule is C=CCOS(=O)OCC=C. The van der Waals surface area contributed by atoms with Gasteiger partial charge < -0.3 is 0 Å². The molecule has 0 aliphatic carbocycles. The van der Waals surface area contributed by atoms with Gasteiger partial charge in [-0.15, -0.1) is 13.2 Å². The highest BCUT2D eigenvalue weighted by Gasteiger charge is 1.94. The molecule has 0 aromatic heterocycles. The lowest BCUT2D eigenvalue weighted by molar-refractivity contribution is 0.289. The van der Waals surface area contributed by atoms with Crippen LogP contribution in [0, 0.1) is 0 Å². The molecule has 4 heteroatoms. The summed E-state index contributed by atoms with van der Waals surface area (Å²) in [6.07, 6.45) is 2.99. The van der Waals surface area contributed by atoms with Crippen LogP contribution in [0.4, 0.5) is 0 Å². The molecule has 10 heavy (non-hydrogen) atoms. The van der Waals surface area contributed by atoms with Gasteiger partial charge in [0.15, 0.2) is 0 Å². The zero-order valence-electron chi connectivity index (χ0n) is 5.62. The standard InChI is InChI=1S/C6H10O3S/c1-3-5-8-10(7)9-6-4-2/h3-4H,1-2,5-6H2. The minimum Gasteiger partial charge on any atom is -0.264 e. The normalized spacial score (nSPS) is 9.70. The fourth-order valence-electron chi connectivity index (χ4n) is 0.241. The molecule has 0 bridgehead atoms. The van der Waals surface area contributed by atoms with E-state index in [0.717, 1.165) is 0 Å². The van der Waals surface area contributed by atoms with E-state index < -0.39 is 11.4 Å². The Morgan fingerprint density at radius 1 is 1.20 bits per heavy atom. The summed E-state index contributed by atoms with van der Waals surface area (Å²) in [6.45, 7) is 7.21. The molecule has 0 amide bonds. The van der Waals surface area contributed by atoms with Crippen LogP contribution in [0.1, 0.15) is 0 Å². The Balaban J connectivity index is 3.24. The average Bonchev–Trinajstić information content (AvgIpc) is 1.97. The molecule has 0 fully saturated rings. The van der Waals surface area contributed by atoms with Gasteiger partial charge in [-0.1, -0.05) is 12.2 Å². The first-order valence-electron chi connectivity index (χ1n) is 2.71. The molecule has 0 radical (unpaired) electrons. The molecule has 0 aromatic rings. The zero-order valence-corrected chi connectivity index (χ0v) is 6.43. The van der Waals surface area contributed by atoms with Gasteiger partial charge in [-0.2, -0.15) is 4.21 Å². The van der Waals surface area contributed by atoms with E-state index in [1.165, 1.54) is 12.2 Å². The van der Waals surface area contributed by atoms with Gasteiger partial charge in [-0.05, 0) is 0 Å². The van der Waals surface area contributed by atoms with Crippen molar-refractivity contribution >= 4 is 11.4 Å². The van der Waals surface area contributed by atoms with Crippen LogP contribution >= 0.6 is 0 Å². The summed E-state index contributed by atoms with van der Waals surface area (Å²) >= 11 is -1.66. The smallest absolute Gasteiger partial charge is 0.264 e. The first-order chi connectivity index (χ1) is 4.81. The van der Waals surface area contributed by atoms with Crippen molar-refractivity contribution in [3.63, 3.8) is 0 Å². The summed E-state index contributed by atoms with van der Waals surface area (Å²) < 4.78 is 19.7. The van der Waals surface area contributed by atoms with Gasteiger partial charge >= 0.3 is 11.4 Å². The maximum atomic E-state index is 10.5. The Labute approximate surface area is 63.2 Å². The second kappa shape index (κ2) is 6.67. The molecule has 0 spiro atoms. The van der Waals surface area contributed by atoms with Gasteiger partial charge in [0.2, 0.25) is 0 Å². The van der Waals surface area contributed by atoms with Gasteiger partial charge in [0.05, 0.1) is 13.2 Å². The van der Waals surface area contributed by atoms with Gasteiger partial charge in [0.1, 0.15) is 0 Å². The van der Waals surface area contributed by atoms with Crippen LogP contribution in [0.25, 0.3) is 0 Å². The van der Waals surface area contributed by atoms with Crippen molar-refractivity contribution in [2.24, 2.45) is 0 Å². The van der Waals surface area contributed by atoms with Gasteiger partial charge in [-0.3, -0.25) is 8.37 Å². The van der Waals surface area contributed by atoms with E-state index >= 15 is 0 Å². The molecule has 0 aliphatic rings. The van der Waals surface area contributed by atoms with E-state index in [0.29, 0.717) is 0 Å². The Morgan fingerprint density at radius 3 is 1.90 bits per heavy atom. The molecule has 0 saturated carbocycles. The third-order valence-electron chi connectivity index (χ3n) is 0.564. The molecule has 0 heterocycles. The molecule has 0 N–H and O–H groups in total. The van der Waals surface area contributed by atoms with E-state index in [4.69, 9.17) is 0 Å². The van der Waals surface area contributed by atoms with Crippen LogP contribution in [-0.2, 0) is 19.7 Å². The molecule has 3 nitrogen and oxygen atoms in total. The zero-order chi connectivity index (χ0) is 7.82. The molecule has 0 saturated heterocycles. The summed E-state index contributed by atoms with van der Waals surface area (Å²) in [6, 6.07) is 0. The van der Waals surface area contributed by atoms with Crippen molar-refractivity contribution in [1.29, 1.82) is 0 Å². The van der Waals surface area contributed by atoms with Crippen LogP contribution in [0.3, 0.4) is 0 Å². The maximum Gasteiger partial charge on any atom is 0.305 e. The molecule has 0 rings (SSSR count). The van der Waals surface area contributed by atoms with E-state index in [-0.39, 0.29) is 13.2 Å². The predicted molar refractivity (Wildman–Crippen MR) is 40.4 cm³/mol. The molecule has 0 aliphatic heterocycles. The fourth-order valence-corrected chi connectivity index (χ4v) is 0.724. The van der Waals surface area contributed by atoms with Crippen molar-refractivity contribution in [1.82, 2.24) is 0 Å². The summed E-state index contributed by atoms with van der Waals surface area (Å²) in [5.41, 5.74) is 0.